The molecule has 0 aromatic carbocycles. The van der Waals surface area contributed by atoms with Crippen molar-refractivity contribution in [3.8, 4) is 0 Å². The van der Waals surface area contributed by atoms with E-state index in [0.717, 1.165) is 6.54 Å². The van der Waals surface area contributed by atoms with Gasteiger partial charge in [0.25, 0.3) is 5.56 Å². The number of fused-ring (bicyclic) bond motifs is 1. The van der Waals surface area contributed by atoms with E-state index in [1.165, 1.54) is 0 Å². The lowest BCUT2D eigenvalue weighted by molar-refractivity contribution is 0.419. The van der Waals surface area contributed by atoms with Crippen LogP contribution in [0.2, 0.25) is 0 Å². The first kappa shape index (κ1) is 13.7. The molecular weight excluding hydrogens is 242 g/mol. The van der Waals surface area contributed by atoms with E-state index in [2.05, 4.69) is 36.2 Å². The predicted molar refractivity (Wildman–Crippen MR) is 75.1 cm³/mol. The lowest BCUT2D eigenvalue weighted by Gasteiger charge is -2.15. The molecule has 0 aliphatic heterocycles. The van der Waals surface area contributed by atoms with Crippen LogP contribution < -0.4 is 10.9 Å². The summed E-state index contributed by atoms with van der Waals surface area (Å²) in [6, 6.07) is 0.457. The Balaban J connectivity index is 2.17. The van der Waals surface area contributed by atoms with Crippen LogP contribution in [-0.4, -0.2) is 31.9 Å². The van der Waals surface area contributed by atoms with Crippen molar-refractivity contribution in [2.24, 2.45) is 13.0 Å². The molecule has 19 heavy (non-hydrogen) atoms. The van der Waals surface area contributed by atoms with Crippen LogP contribution in [-0.2, 0) is 13.6 Å². The highest BCUT2D eigenvalue weighted by molar-refractivity contribution is 5.72. The number of rotatable bonds is 5. The molecule has 0 spiro atoms. The van der Waals surface area contributed by atoms with Crippen molar-refractivity contribution >= 4 is 11.0 Å². The number of nitrogens with zero attached hydrogens (tertiary/aromatic N) is 4. The molecule has 1 atom stereocenters. The van der Waals surface area contributed by atoms with Crippen molar-refractivity contribution in [2.45, 2.75) is 33.4 Å². The molecule has 0 saturated heterocycles. The van der Waals surface area contributed by atoms with E-state index in [9.17, 15) is 4.79 Å². The third-order valence-corrected chi connectivity index (χ3v) is 3.10. The first-order valence-electron chi connectivity index (χ1n) is 6.59. The van der Waals surface area contributed by atoms with Crippen molar-refractivity contribution < 1.29 is 0 Å². The summed E-state index contributed by atoms with van der Waals surface area (Å²) < 4.78 is 3.28. The average Bonchev–Trinajstić information content (AvgIpc) is 2.73. The third kappa shape index (κ3) is 3.01. The molecule has 6 heteroatoms. The molecule has 6 nitrogen and oxygen atoms in total. The molecule has 2 heterocycles. The van der Waals surface area contributed by atoms with Crippen molar-refractivity contribution in [3.63, 3.8) is 0 Å². The molecule has 2 rings (SSSR count). The summed E-state index contributed by atoms with van der Waals surface area (Å²) in [5.74, 6) is 0.371. The molecule has 0 saturated carbocycles. The zero-order chi connectivity index (χ0) is 14.0. The van der Waals surface area contributed by atoms with Crippen LogP contribution in [0.4, 0.5) is 0 Å². The first-order chi connectivity index (χ1) is 8.99. The fraction of sp³-hybridized carbons (Fsp3) is 0.615. The van der Waals surface area contributed by atoms with Gasteiger partial charge in [-0.25, -0.2) is 4.98 Å². The first-order valence-corrected chi connectivity index (χ1v) is 6.59. The molecule has 0 fully saturated rings. The summed E-state index contributed by atoms with van der Waals surface area (Å²) in [5, 5.41) is 8.02. The van der Waals surface area contributed by atoms with Gasteiger partial charge >= 0.3 is 0 Å². The fourth-order valence-electron chi connectivity index (χ4n) is 2.03. The normalized spacial score (nSPS) is 13.3. The smallest absolute Gasteiger partial charge is 0.264 e. The molecule has 104 valence electrons. The summed E-state index contributed by atoms with van der Waals surface area (Å²) in [7, 11) is 1.79. The second-order valence-corrected chi connectivity index (χ2v) is 5.38. The predicted octanol–water partition coefficient (Wildman–Crippen LogP) is 0.764. The van der Waals surface area contributed by atoms with E-state index in [1.54, 1.807) is 28.8 Å². The maximum atomic E-state index is 12.3. The van der Waals surface area contributed by atoms with Crippen LogP contribution in [0.3, 0.4) is 0 Å². The van der Waals surface area contributed by atoms with Crippen molar-refractivity contribution in [2.75, 3.05) is 6.54 Å². The van der Waals surface area contributed by atoms with Crippen LogP contribution in [0.15, 0.2) is 17.3 Å². The van der Waals surface area contributed by atoms with Crippen LogP contribution in [0.25, 0.3) is 11.0 Å². The highest BCUT2D eigenvalue weighted by Gasteiger charge is 2.10. The van der Waals surface area contributed by atoms with Crippen LogP contribution in [0.1, 0.15) is 20.8 Å². The highest BCUT2D eigenvalue weighted by Crippen LogP contribution is 2.04. The van der Waals surface area contributed by atoms with E-state index in [4.69, 9.17) is 0 Å². The Morgan fingerprint density at radius 2 is 2.11 bits per heavy atom. The minimum absolute atomic E-state index is 0.0190. The number of aryl methyl sites for hydroxylation is 1. The van der Waals surface area contributed by atoms with Gasteiger partial charge < -0.3 is 5.32 Å². The van der Waals surface area contributed by atoms with Gasteiger partial charge in [0, 0.05) is 19.6 Å². The van der Waals surface area contributed by atoms with Gasteiger partial charge in [-0.05, 0) is 12.5 Å². The Bertz CT molecular complexity index is 613. The summed E-state index contributed by atoms with van der Waals surface area (Å²) in [6.45, 7) is 7.89. The monoisotopic (exact) mass is 263 g/mol. The maximum absolute atomic E-state index is 12.3. The summed E-state index contributed by atoms with van der Waals surface area (Å²) in [4.78, 5) is 16.6. The number of aromatic nitrogens is 4. The number of nitrogens with one attached hydrogen (secondary N) is 1. The summed E-state index contributed by atoms with van der Waals surface area (Å²) >= 11 is 0. The van der Waals surface area contributed by atoms with E-state index in [1.807, 2.05) is 0 Å². The lowest BCUT2D eigenvalue weighted by Crippen LogP contribution is -2.32. The molecule has 1 unspecified atom stereocenters. The van der Waals surface area contributed by atoms with Gasteiger partial charge in [-0.2, -0.15) is 5.10 Å². The SMILES string of the molecule is CC(CNC(C)C)Cn1cnc2c(cnn2C)c1=O. The lowest BCUT2D eigenvalue weighted by atomic mass is 10.1. The second kappa shape index (κ2) is 5.52. The van der Waals surface area contributed by atoms with Gasteiger partial charge in [0.15, 0.2) is 5.65 Å². The molecule has 0 amide bonds. The quantitative estimate of drug-likeness (QED) is 0.865. The molecule has 2 aromatic heterocycles. The maximum Gasteiger partial charge on any atom is 0.264 e. The Morgan fingerprint density at radius 3 is 2.79 bits per heavy atom. The van der Waals surface area contributed by atoms with Gasteiger partial charge in [-0.3, -0.25) is 14.0 Å². The van der Waals surface area contributed by atoms with Gasteiger partial charge in [-0.15, -0.1) is 0 Å². The van der Waals surface area contributed by atoms with Crippen molar-refractivity contribution in [1.82, 2.24) is 24.6 Å². The van der Waals surface area contributed by atoms with Crippen LogP contribution in [0.5, 0.6) is 0 Å². The molecule has 0 aliphatic carbocycles. The minimum Gasteiger partial charge on any atom is -0.314 e. The van der Waals surface area contributed by atoms with E-state index in [-0.39, 0.29) is 5.56 Å². The standard InChI is InChI=1S/C13H21N5O/c1-9(2)14-5-10(3)7-18-8-15-12-11(13(18)19)6-16-17(12)4/h6,8-10,14H,5,7H2,1-4H3. The Morgan fingerprint density at radius 1 is 1.37 bits per heavy atom. The highest BCUT2D eigenvalue weighted by atomic mass is 16.1. The van der Waals surface area contributed by atoms with E-state index >= 15 is 0 Å². The minimum atomic E-state index is -0.0190. The second-order valence-electron chi connectivity index (χ2n) is 5.38. The Hall–Kier alpha value is -1.69. The molecule has 1 N–H and O–H groups in total. The fourth-order valence-corrected chi connectivity index (χ4v) is 2.03. The van der Waals surface area contributed by atoms with Gasteiger partial charge in [0.1, 0.15) is 5.39 Å². The molecular formula is C13H21N5O. The topological polar surface area (TPSA) is 64.7 Å². The van der Waals surface area contributed by atoms with Crippen molar-refractivity contribution in [3.05, 3.63) is 22.9 Å². The largest absolute Gasteiger partial charge is 0.314 e. The molecule has 0 aliphatic rings. The van der Waals surface area contributed by atoms with E-state index < -0.39 is 0 Å². The number of hydrogen-bond donors (Lipinski definition) is 1. The van der Waals surface area contributed by atoms with Crippen molar-refractivity contribution in [1.29, 1.82) is 0 Å². The van der Waals surface area contributed by atoms with Gasteiger partial charge in [-0.1, -0.05) is 20.8 Å². The zero-order valence-corrected chi connectivity index (χ0v) is 11.9. The van der Waals surface area contributed by atoms with Crippen LogP contribution >= 0.6 is 0 Å². The van der Waals surface area contributed by atoms with Gasteiger partial charge in [0.2, 0.25) is 0 Å². The Labute approximate surface area is 112 Å². The van der Waals surface area contributed by atoms with E-state index in [0.29, 0.717) is 29.5 Å². The summed E-state index contributed by atoms with van der Waals surface area (Å²) in [6.07, 6.45) is 3.19. The molecule has 0 radical (unpaired) electrons. The molecule has 2 aromatic rings. The third-order valence-electron chi connectivity index (χ3n) is 3.10. The van der Waals surface area contributed by atoms with Gasteiger partial charge in [0.05, 0.1) is 12.5 Å². The zero-order valence-electron chi connectivity index (χ0n) is 11.9. The van der Waals surface area contributed by atoms with Crippen LogP contribution in [0, 0.1) is 5.92 Å². The summed E-state index contributed by atoms with van der Waals surface area (Å²) in [5.41, 5.74) is 0.615. The Kier molecular flexibility index (Phi) is 3.99. The molecule has 0 bridgehead atoms. The average molecular weight is 263 g/mol. The number of hydrogen-bond acceptors (Lipinski definition) is 4.